The smallest absolute Gasteiger partial charge is 0.256 e. The van der Waals surface area contributed by atoms with Crippen molar-refractivity contribution in [2.75, 3.05) is 38.4 Å². The Morgan fingerprint density at radius 3 is 2.68 bits per heavy atom. The van der Waals surface area contributed by atoms with Crippen molar-refractivity contribution in [2.45, 2.75) is 36.8 Å². The van der Waals surface area contributed by atoms with E-state index in [2.05, 4.69) is 30.3 Å². The number of hydrogen-bond acceptors (Lipinski definition) is 4. The van der Waals surface area contributed by atoms with E-state index in [0.717, 1.165) is 31.6 Å². The van der Waals surface area contributed by atoms with Crippen LogP contribution < -0.4 is 4.90 Å². The lowest BCUT2D eigenvalue weighted by Crippen LogP contribution is -2.50. The number of piperidine rings is 1. The molecule has 4 nitrogen and oxygen atoms in total. The molecular formula is C17H26N2O2S. The Bertz CT molecular complexity index is 501. The van der Waals surface area contributed by atoms with Crippen LogP contribution in [0.3, 0.4) is 0 Å². The number of benzene rings is 1. The fourth-order valence-corrected chi connectivity index (χ4v) is 3.28. The number of amides is 1. The van der Waals surface area contributed by atoms with Crippen LogP contribution in [0, 0.1) is 0 Å². The quantitative estimate of drug-likeness (QED) is 0.781. The van der Waals surface area contributed by atoms with Gasteiger partial charge in [0.05, 0.1) is 0 Å². The van der Waals surface area contributed by atoms with Gasteiger partial charge in [0.15, 0.2) is 0 Å². The molecule has 1 heterocycles. The summed E-state index contributed by atoms with van der Waals surface area (Å²) in [5, 5.41) is 0. The van der Waals surface area contributed by atoms with Crippen molar-refractivity contribution in [3.8, 4) is 0 Å². The normalized spacial score (nSPS) is 18.2. The van der Waals surface area contributed by atoms with Crippen molar-refractivity contribution < 1.29 is 9.53 Å². The molecule has 0 spiro atoms. The Hall–Kier alpha value is -1.04. The van der Waals surface area contributed by atoms with E-state index in [1.54, 1.807) is 18.9 Å². The lowest BCUT2D eigenvalue weighted by Gasteiger charge is -2.38. The number of carbonyl (C=O) groups is 1. The molecule has 0 saturated carbocycles. The predicted molar refractivity (Wildman–Crippen MR) is 92.7 cm³/mol. The summed E-state index contributed by atoms with van der Waals surface area (Å²) < 4.78 is 5.28. The van der Waals surface area contributed by atoms with Gasteiger partial charge in [-0.15, -0.1) is 11.8 Å². The van der Waals surface area contributed by atoms with E-state index in [1.807, 2.05) is 24.0 Å². The van der Waals surface area contributed by atoms with Gasteiger partial charge in [0.25, 0.3) is 5.91 Å². The van der Waals surface area contributed by atoms with Gasteiger partial charge < -0.3 is 14.5 Å². The first-order chi connectivity index (χ1) is 10.6. The zero-order valence-electron chi connectivity index (χ0n) is 13.9. The monoisotopic (exact) mass is 322 g/mol. The number of thioether (sulfide) groups is 1. The fraction of sp³-hybridized carbons (Fsp3) is 0.588. The molecule has 0 bridgehead atoms. The van der Waals surface area contributed by atoms with E-state index in [0.29, 0.717) is 0 Å². The van der Waals surface area contributed by atoms with E-state index in [-0.39, 0.29) is 11.9 Å². The first kappa shape index (κ1) is 17.3. The number of nitrogens with zero attached hydrogens (tertiary/aromatic N) is 2. The van der Waals surface area contributed by atoms with Crippen LogP contribution in [0.5, 0.6) is 0 Å². The third-order valence-corrected chi connectivity index (χ3v) is 5.05. The van der Waals surface area contributed by atoms with Gasteiger partial charge in [0, 0.05) is 23.7 Å². The molecule has 0 radical (unpaired) electrons. The Morgan fingerprint density at radius 1 is 1.41 bits per heavy atom. The third-order valence-electron chi connectivity index (χ3n) is 4.32. The molecule has 1 amide bonds. The summed E-state index contributed by atoms with van der Waals surface area (Å²) in [6.07, 6.45) is 3.64. The maximum atomic E-state index is 12.8. The zero-order chi connectivity index (χ0) is 16.1. The molecule has 0 unspecified atom stereocenters. The van der Waals surface area contributed by atoms with Crippen LogP contribution in [0.25, 0.3) is 0 Å². The average molecular weight is 322 g/mol. The van der Waals surface area contributed by atoms with E-state index in [4.69, 9.17) is 4.74 Å². The van der Waals surface area contributed by atoms with Crippen molar-refractivity contribution in [2.24, 2.45) is 0 Å². The number of rotatable bonds is 5. The zero-order valence-corrected chi connectivity index (χ0v) is 14.7. The lowest BCUT2D eigenvalue weighted by molar-refractivity contribution is -0.128. The molecule has 2 rings (SSSR count). The van der Waals surface area contributed by atoms with Crippen LogP contribution in [0.2, 0.25) is 0 Å². The Labute approximate surface area is 137 Å². The van der Waals surface area contributed by atoms with E-state index in [9.17, 15) is 4.79 Å². The topological polar surface area (TPSA) is 32.8 Å². The molecule has 0 N–H and O–H groups in total. The van der Waals surface area contributed by atoms with Crippen LogP contribution in [0.1, 0.15) is 19.8 Å². The molecule has 1 aliphatic rings. The van der Waals surface area contributed by atoms with Crippen molar-refractivity contribution in [1.82, 2.24) is 4.90 Å². The number of carbonyl (C=O) groups excluding carboxylic acids is 1. The maximum absolute atomic E-state index is 12.8. The highest BCUT2D eigenvalue weighted by Gasteiger charge is 2.31. The summed E-state index contributed by atoms with van der Waals surface area (Å²) in [5.41, 5.74) is 0.982. The van der Waals surface area contributed by atoms with Crippen LogP contribution in [-0.2, 0) is 9.53 Å². The number of likely N-dealkylation sites (tertiary alicyclic amines) is 1. The summed E-state index contributed by atoms with van der Waals surface area (Å²) in [6.45, 7) is 3.87. The Morgan fingerprint density at radius 2 is 2.09 bits per heavy atom. The summed E-state index contributed by atoms with van der Waals surface area (Å²) >= 11 is 1.70. The molecule has 1 saturated heterocycles. The lowest BCUT2D eigenvalue weighted by atomic mass is 10.0. The average Bonchev–Trinajstić information content (AvgIpc) is 2.56. The molecule has 1 aliphatic heterocycles. The molecule has 22 heavy (non-hydrogen) atoms. The Kier molecular flexibility index (Phi) is 6.29. The van der Waals surface area contributed by atoms with Crippen LogP contribution in [0.15, 0.2) is 29.2 Å². The first-order valence-corrected chi connectivity index (χ1v) is 8.97. The van der Waals surface area contributed by atoms with Gasteiger partial charge in [-0.25, -0.2) is 0 Å². The number of anilines is 1. The minimum Gasteiger partial charge on any atom is -0.372 e. The van der Waals surface area contributed by atoms with Crippen LogP contribution >= 0.6 is 11.8 Å². The van der Waals surface area contributed by atoms with Crippen LogP contribution in [-0.4, -0.2) is 56.5 Å². The molecule has 0 aliphatic carbocycles. The highest BCUT2D eigenvalue weighted by molar-refractivity contribution is 7.98. The summed E-state index contributed by atoms with van der Waals surface area (Å²) in [6, 6.07) is 8.47. The van der Waals surface area contributed by atoms with Gasteiger partial charge in [-0.05, 0) is 64.4 Å². The second kappa shape index (κ2) is 7.99. The Balaban J connectivity index is 2.30. The number of ether oxygens (including phenoxy) is 1. The molecule has 5 heteroatoms. The number of methoxy groups -OCH3 is 1. The van der Waals surface area contributed by atoms with Gasteiger partial charge in [0.1, 0.15) is 6.10 Å². The van der Waals surface area contributed by atoms with Crippen molar-refractivity contribution in [3.63, 3.8) is 0 Å². The van der Waals surface area contributed by atoms with Crippen molar-refractivity contribution in [1.29, 1.82) is 0 Å². The SMILES string of the molecule is CO[C@@H](C)C(=O)N(c1cccc(SC)c1)C1CCN(C)CC1. The van der Waals surface area contributed by atoms with E-state index >= 15 is 0 Å². The molecule has 1 aromatic rings. The molecule has 1 aromatic carbocycles. The highest BCUT2D eigenvalue weighted by atomic mass is 32.2. The summed E-state index contributed by atoms with van der Waals surface area (Å²) in [7, 11) is 3.72. The fourth-order valence-electron chi connectivity index (χ4n) is 2.83. The van der Waals surface area contributed by atoms with Crippen molar-refractivity contribution in [3.05, 3.63) is 24.3 Å². The largest absolute Gasteiger partial charge is 0.372 e. The second-order valence-electron chi connectivity index (χ2n) is 5.82. The van der Waals surface area contributed by atoms with E-state index in [1.165, 1.54) is 4.90 Å². The van der Waals surface area contributed by atoms with Gasteiger partial charge in [0.2, 0.25) is 0 Å². The standard InChI is InChI=1S/C17H26N2O2S/c1-13(21-3)17(20)19(14-8-10-18(2)11-9-14)15-6-5-7-16(12-15)22-4/h5-7,12-14H,8-11H2,1-4H3/t13-/m0/s1. The summed E-state index contributed by atoms with van der Waals surface area (Å²) in [5.74, 6) is 0.0512. The second-order valence-corrected chi connectivity index (χ2v) is 6.70. The maximum Gasteiger partial charge on any atom is 0.256 e. The van der Waals surface area contributed by atoms with Gasteiger partial charge in [-0.2, -0.15) is 0 Å². The van der Waals surface area contributed by atoms with Crippen LogP contribution in [0.4, 0.5) is 5.69 Å². The van der Waals surface area contributed by atoms with Gasteiger partial charge in [-0.3, -0.25) is 4.79 Å². The van der Waals surface area contributed by atoms with Gasteiger partial charge >= 0.3 is 0 Å². The molecule has 0 aromatic heterocycles. The third kappa shape index (κ3) is 4.03. The van der Waals surface area contributed by atoms with Gasteiger partial charge in [-0.1, -0.05) is 6.07 Å². The molecule has 1 fully saturated rings. The highest BCUT2D eigenvalue weighted by Crippen LogP contribution is 2.28. The minimum absolute atomic E-state index is 0.0512. The predicted octanol–water partition coefficient (Wildman–Crippen LogP) is 2.87. The molecule has 1 atom stereocenters. The van der Waals surface area contributed by atoms with Crippen molar-refractivity contribution >= 4 is 23.4 Å². The first-order valence-electron chi connectivity index (χ1n) is 7.75. The number of hydrogen-bond donors (Lipinski definition) is 0. The minimum atomic E-state index is -0.419. The molecule has 122 valence electrons. The molecular weight excluding hydrogens is 296 g/mol. The van der Waals surface area contributed by atoms with E-state index < -0.39 is 6.10 Å². The summed E-state index contributed by atoms with van der Waals surface area (Å²) in [4.78, 5) is 18.3.